The molecule has 0 spiro atoms. The first-order valence-corrected chi connectivity index (χ1v) is 3.09. The maximum Gasteiger partial charge on any atom is 0.310 e. The van der Waals surface area contributed by atoms with Crippen LogP contribution in [0, 0.1) is 5.92 Å². The summed E-state index contributed by atoms with van der Waals surface area (Å²) in [6, 6.07) is 0.0532. The average molecular weight is 166 g/mol. The lowest BCUT2D eigenvalue weighted by Gasteiger charge is -2.30. The zero-order valence-corrected chi connectivity index (χ0v) is 6.69. The van der Waals surface area contributed by atoms with Gasteiger partial charge in [0.2, 0.25) is 0 Å². The number of carbonyl (C=O) groups excluding carboxylic acids is 1. The van der Waals surface area contributed by atoms with Gasteiger partial charge in [0.25, 0.3) is 0 Å². The number of rotatable bonds is 1. The quantitative estimate of drug-likeness (QED) is 0.570. The van der Waals surface area contributed by atoms with Gasteiger partial charge in [0.15, 0.2) is 0 Å². The third kappa shape index (κ3) is 1.61. The number of hydrogen-bond acceptors (Lipinski definition) is 3. The fourth-order valence-corrected chi connectivity index (χ4v) is 0.970. The van der Waals surface area contributed by atoms with Crippen molar-refractivity contribution < 1.29 is 9.53 Å². The van der Waals surface area contributed by atoms with Crippen LogP contribution in [0.5, 0.6) is 0 Å². The van der Waals surface area contributed by atoms with Gasteiger partial charge in [-0.25, -0.2) is 0 Å². The van der Waals surface area contributed by atoms with E-state index >= 15 is 0 Å². The van der Waals surface area contributed by atoms with Gasteiger partial charge in [-0.2, -0.15) is 0 Å². The van der Waals surface area contributed by atoms with E-state index in [9.17, 15) is 4.79 Å². The fourth-order valence-electron chi connectivity index (χ4n) is 0.970. The Kier molecular flexibility index (Phi) is 3.68. The Morgan fingerprint density at radius 2 is 2.20 bits per heavy atom. The predicted molar refractivity (Wildman–Crippen MR) is 40.0 cm³/mol. The highest BCUT2D eigenvalue weighted by Gasteiger charge is 2.34. The number of esters is 1. The van der Waals surface area contributed by atoms with E-state index in [1.807, 2.05) is 0 Å². The summed E-state index contributed by atoms with van der Waals surface area (Å²) < 4.78 is 4.51. The molecule has 2 atom stereocenters. The van der Waals surface area contributed by atoms with Crippen molar-refractivity contribution in [2.24, 2.45) is 11.7 Å². The Balaban J connectivity index is 0.000000810. The van der Waals surface area contributed by atoms with E-state index in [0.29, 0.717) is 0 Å². The SMILES string of the molecule is COC(=O)[C@@H]1CC[C@@H]1N.Cl. The van der Waals surface area contributed by atoms with E-state index in [2.05, 4.69) is 4.74 Å². The minimum absolute atomic E-state index is 0. The molecule has 0 aromatic carbocycles. The van der Waals surface area contributed by atoms with Crippen LogP contribution in [0.15, 0.2) is 0 Å². The van der Waals surface area contributed by atoms with Crippen LogP contribution >= 0.6 is 12.4 Å². The predicted octanol–water partition coefficient (Wildman–Crippen LogP) is 0.318. The molecule has 0 radical (unpaired) electrons. The molecule has 60 valence electrons. The molecule has 2 N–H and O–H groups in total. The van der Waals surface area contributed by atoms with Gasteiger partial charge in [0.1, 0.15) is 0 Å². The molecule has 0 aliphatic heterocycles. The molecule has 0 amide bonds. The molecule has 0 heterocycles. The van der Waals surface area contributed by atoms with Crippen molar-refractivity contribution in [2.45, 2.75) is 18.9 Å². The summed E-state index contributed by atoms with van der Waals surface area (Å²) in [7, 11) is 1.40. The number of ether oxygens (including phenoxy) is 1. The molecule has 1 saturated carbocycles. The second-order valence-corrected chi connectivity index (χ2v) is 2.37. The third-order valence-electron chi connectivity index (χ3n) is 1.83. The maximum absolute atomic E-state index is 10.7. The van der Waals surface area contributed by atoms with Gasteiger partial charge in [-0.05, 0) is 12.8 Å². The Morgan fingerprint density at radius 1 is 1.60 bits per heavy atom. The molecule has 1 aliphatic carbocycles. The standard InChI is InChI=1S/C6H11NO2.ClH/c1-9-6(8)4-2-3-5(4)7;/h4-5H,2-3,7H2,1H3;1H/t4-,5+;/m1./s1. The van der Waals surface area contributed by atoms with Crippen molar-refractivity contribution in [3.05, 3.63) is 0 Å². The summed E-state index contributed by atoms with van der Waals surface area (Å²) in [5.41, 5.74) is 5.50. The van der Waals surface area contributed by atoms with E-state index < -0.39 is 0 Å². The number of halogens is 1. The average Bonchev–Trinajstić information content (AvgIpc) is 1.84. The number of carbonyl (C=O) groups is 1. The van der Waals surface area contributed by atoms with Crippen molar-refractivity contribution in [3.63, 3.8) is 0 Å². The molecule has 0 saturated heterocycles. The van der Waals surface area contributed by atoms with Crippen LogP contribution in [-0.2, 0) is 9.53 Å². The largest absolute Gasteiger partial charge is 0.469 e. The second kappa shape index (κ2) is 3.78. The molecule has 1 fully saturated rings. The van der Waals surface area contributed by atoms with Gasteiger partial charge in [0, 0.05) is 6.04 Å². The van der Waals surface area contributed by atoms with Gasteiger partial charge in [0.05, 0.1) is 13.0 Å². The summed E-state index contributed by atoms with van der Waals surface area (Å²) in [5, 5.41) is 0. The lowest BCUT2D eigenvalue weighted by Crippen LogP contribution is -2.44. The molecule has 3 nitrogen and oxygen atoms in total. The Hall–Kier alpha value is -0.280. The summed E-state index contributed by atoms with van der Waals surface area (Å²) in [6.07, 6.45) is 1.85. The van der Waals surface area contributed by atoms with Gasteiger partial charge in [-0.3, -0.25) is 4.79 Å². The van der Waals surface area contributed by atoms with E-state index in [1.165, 1.54) is 7.11 Å². The Bertz CT molecular complexity index is 129. The highest BCUT2D eigenvalue weighted by atomic mass is 35.5. The van der Waals surface area contributed by atoms with Gasteiger partial charge in [-0.15, -0.1) is 12.4 Å². The fraction of sp³-hybridized carbons (Fsp3) is 0.833. The van der Waals surface area contributed by atoms with Crippen LogP contribution in [-0.4, -0.2) is 19.1 Å². The molecular formula is C6H12ClNO2. The van der Waals surface area contributed by atoms with Crippen molar-refractivity contribution in [2.75, 3.05) is 7.11 Å². The minimum Gasteiger partial charge on any atom is -0.469 e. The number of nitrogens with two attached hydrogens (primary N) is 1. The van der Waals surface area contributed by atoms with Gasteiger partial charge >= 0.3 is 5.97 Å². The molecule has 1 rings (SSSR count). The summed E-state index contributed by atoms with van der Waals surface area (Å²) in [6.45, 7) is 0. The molecule has 0 aromatic rings. The molecule has 4 heteroatoms. The summed E-state index contributed by atoms with van der Waals surface area (Å²) in [5.74, 6) is -0.177. The van der Waals surface area contributed by atoms with Crippen molar-refractivity contribution in [1.29, 1.82) is 0 Å². The normalized spacial score (nSPS) is 29.8. The number of hydrogen-bond donors (Lipinski definition) is 1. The van der Waals surface area contributed by atoms with E-state index in [-0.39, 0.29) is 30.3 Å². The Morgan fingerprint density at radius 3 is 2.30 bits per heavy atom. The first kappa shape index (κ1) is 9.72. The third-order valence-corrected chi connectivity index (χ3v) is 1.83. The van der Waals surface area contributed by atoms with Gasteiger partial charge in [-0.1, -0.05) is 0 Å². The smallest absolute Gasteiger partial charge is 0.310 e. The zero-order chi connectivity index (χ0) is 6.85. The van der Waals surface area contributed by atoms with Crippen molar-refractivity contribution in [1.82, 2.24) is 0 Å². The first-order chi connectivity index (χ1) is 4.25. The Labute approximate surface area is 66.3 Å². The topological polar surface area (TPSA) is 52.3 Å². The highest BCUT2D eigenvalue weighted by molar-refractivity contribution is 5.85. The first-order valence-electron chi connectivity index (χ1n) is 3.09. The lowest BCUT2D eigenvalue weighted by molar-refractivity contribution is -0.149. The van der Waals surface area contributed by atoms with Crippen molar-refractivity contribution >= 4 is 18.4 Å². The molecule has 1 aliphatic rings. The zero-order valence-electron chi connectivity index (χ0n) is 5.87. The lowest BCUT2D eigenvalue weighted by atomic mass is 9.80. The molecule has 0 unspecified atom stereocenters. The molecule has 10 heavy (non-hydrogen) atoms. The van der Waals surface area contributed by atoms with E-state index in [0.717, 1.165) is 12.8 Å². The van der Waals surface area contributed by atoms with Crippen LogP contribution < -0.4 is 5.73 Å². The van der Waals surface area contributed by atoms with Crippen LogP contribution in [0.1, 0.15) is 12.8 Å². The molecule has 0 aromatic heterocycles. The van der Waals surface area contributed by atoms with E-state index in [4.69, 9.17) is 5.73 Å². The molecule has 0 bridgehead atoms. The van der Waals surface area contributed by atoms with Crippen LogP contribution in [0.4, 0.5) is 0 Å². The highest BCUT2D eigenvalue weighted by Crippen LogP contribution is 2.25. The van der Waals surface area contributed by atoms with Crippen LogP contribution in [0.2, 0.25) is 0 Å². The summed E-state index contributed by atoms with van der Waals surface area (Å²) in [4.78, 5) is 10.7. The van der Waals surface area contributed by atoms with Crippen LogP contribution in [0.25, 0.3) is 0 Å². The monoisotopic (exact) mass is 165 g/mol. The van der Waals surface area contributed by atoms with Crippen LogP contribution in [0.3, 0.4) is 0 Å². The molecular weight excluding hydrogens is 154 g/mol. The minimum atomic E-state index is -0.159. The second-order valence-electron chi connectivity index (χ2n) is 2.37. The maximum atomic E-state index is 10.7. The number of methoxy groups -OCH3 is 1. The van der Waals surface area contributed by atoms with E-state index in [1.54, 1.807) is 0 Å². The van der Waals surface area contributed by atoms with Crippen molar-refractivity contribution in [3.8, 4) is 0 Å². The van der Waals surface area contributed by atoms with Gasteiger partial charge < -0.3 is 10.5 Å². The summed E-state index contributed by atoms with van der Waals surface area (Å²) >= 11 is 0.